The Morgan fingerprint density at radius 1 is 1.26 bits per heavy atom. The summed E-state index contributed by atoms with van der Waals surface area (Å²) in [5.74, 6) is 0.642. The predicted molar refractivity (Wildman–Crippen MR) is 76.6 cm³/mol. The lowest BCUT2D eigenvalue weighted by molar-refractivity contribution is -0.0124. The summed E-state index contributed by atoms with van der Waals surface area (Å²) in [4.78, 5) is 0. The highest BCUT2D eigenvalue weighted by Crippen LogP contribution is 2.27. The summed E-state index contributed by atoms with van der Waals surface area (Å²) in [6.45, 7) is 6.10. The monoisotopic (exact) mass is 287 g/mol. The minimum absolute atomic E-state index is 0.0878. The van der Waals surface area contributed by atoms with Gasteiger partial charge in [-0.05, 0) is 39.0 Å². The predicted octanol–water partition coefficient (Wildman–Crippen LogP) is 2.52. The average molecular weight is 288 g/mol. The fraction of sp³-hybridized carbons (Fsp3) is 0.571. The molecule has 0 aromatic heterocycles. The second-order valence-corrected chi connectivity index (χ2v) is 5.25. The van der Waals surface area contributed by atoms with Gasteiger partial charge in [-0.15, -0.1) is 0 Å². The van der Waals surface area contributed by atoms with E-state index in [0.29, 0.717) is 10.8 Å². The van der Waals surface area contributed by atoms with Gasteiger partial charge in [0, 0.05) is 16.6 Å². The first-order valence-corrected chi connectivity index (χ1v) is 6.75. The van der Waals surface area contributed by atoms with E-state index in [9.17, 15) is 5.11 Å². The Morgan fingerprint density at radius 2 is 1.95 bits per heavy atom. The number of benzene rings is 1. The number of hydrogen-bond donors (Lipinski definition) is 2. The highest BCUT2D eigenvalue weighted by Gasteiger charge is 2.12. The zero-order valence-corrected chi connectivity index (χ0v) is 12.4. The van der Waals surface area contributed by atoms with Gasteiger partial charge < -0.3 is 20.3 Å². The summed E-state index contributed by atoms with van der Waals surface area (Å²) in [7, 11) is 0. The molecule has 0 aliphatic carbocycles. The summed E-state index contributed by atoms with van der Waals surface area (Å²) in [6, 6.07) is 5.09. The number of nitrogens with two attached hydrogens (primary N) is 1. The average Bonchev–Trinajstić information content (AvgIpc) is 2.34. The molecule has 0 aliphatic heterocycles. The Labute approximate surface area is 119 Å². The Morgan fingerprint density at radius 3 is 2.53 bits per heavy atom. The fourth-order valence-electron chi connectivity index (χ4n) is 1.54. The van der Waals surface area contributed by atoms with Gasteiger partial charge in [0.2, 0.25) is 0 Å². The van der Waals surface area contributed by atoms with E-state index in [2.05, 4.69) is 0 Å². The van der Waals surface area contributed by atoms with E-state index in [1.165, 1.54) is 0 Å². The Hall–Kier alpha value is -0.810. The number of aliphatic hydroxyl groups excluding tert-OH is 1. The van der Waals surface area contributed by atoms with Crippen molar-refractivity contribution >= 4 is 11.6 Å². The van der Waals surface area contributed by atoms with E-state index >= 15 is 0 Å². The maximum atomic E-state index is 9.74. The highest BCUT2D eigenvalue weighted by molar-refractivity contribution is 6.30. The molecule has 1 aromatic carbocycles. The third kappa shape index (κ3) is 5.78. The molecule has 19 heavy (non-hydrogen) atoms. The van der Waals surface area contributed by atoms with E-state index in [0.717, 1.165) is 5.56 Å². The van der Waals surface area contributed by atoms with Crippen LogP contribution < -0.4 is 10.5 Å². The van der Waals surface area contributed by atoms with Gasteiger partial charge >= 0.3 is 0 Å². The van der Waals surface area contributed by atoms with Gasteiger partial charge in [0.05, 0.1) is 12.7 Å². The molecule has 1 unspecified atom stereocenters. The molecule has 4 nitrogen and oxygen atoms in total. The third-order valence-corrected chi connectivity index (χ3v) is 2.75. The van der Waals surface area contributed by atoms with Crippen molar-refractivity contribution in [1.82, 2.24) is 0 Å². The molecule has 0 aliphatic rings. The fourth-order valence-corrected chi connectivity index (χ4v) is 1.72. The molecule has 0 bridgehead atoms. The first-order chi connectivity index (χ1) is 8.90. The number of hydrogen-bond acceptors (Lipinski definition) is 4. The van der Waals surface area contributed by atoms with Crippen molar-refractivity contribution in [1.29, 1.82) is 0 Å². The van der Waals surface area contributed by atoms with Crippen molar-refractivity contribution in [2.45, 2.75) is 39.0 Å². The van der Waals surface area contributed by atoms with E-state index in [-0.39, 0.29) is 25.4 Å². The van der Waals surface area contributed by atoms with E-state index in [1.54, 1.807) is 18.2 Å². The SMILES string of the molecule is CC(C)OCC(O)COc1ccc(Cl)cc1[C@H](C)N. The summed E-state index contributed by atoms with van der Waals surface area (Å²) >= 11 is 5.93. The molecular formula is C14H22ClNO3. The molecule has 3 N–H and O–H groups in total. The Bertz CT molecular complexity index is 396. The van der Waals surface area contributed by atoms with Gasteiger partial charge in [-0.3, -0.25) is 0 Å². The first kappa shape index (κ1) is 16.2. The molecule has 2 atom stereocenters. The molecule has 0 saturated carbocycles. The van der Waals surface area contributed by atoms with Gasteiger partial charge in [-0.2, -0.15) is 0 Å². The molecule has 1 aromatic rings. The van der Waals surface area contributed by atoms with Gasteiger partial charge in [0.25, 0.3) is 0 Å². The highest BCUT2D eigenvalue weighted by atomic mass is 35.5. The van der Waals surface area contributed by atoms with Crippen molar-refractivity contribution < 1.29 is 14.6 Å². The first-order valence-electron chi connectivity index (χ1n) is 6.37. The molecule has 0 amide bonds. The topological polar surface area (TPSA) is 64.7 Å². The van der Waals surface area contributed by atoms with Crippen LogP contribution >= 0.6 is 11.6 Å². The standard InChI is InChI=1S/C14H22ClNO3/c1-9(2)18-7-12(17)8-19-14-5-4-11(15)6-13(14)10(3)16/h4-6,9-10,12,17H,7-8,16H2,1-3H3/t10-,12?/m0/s1. The summed E-state index contributed by atoms with van der Waals surface area (Å²) in [6.07, 6.45) is -0.580. The normalized spacial score (nSPS) is 14.5. The van der Waals surface area contributed by atoms with E-state index in [1.807, 2.05) is 20.8 Å². The second-order valence-electron chi connectivity index (χ2n) is 4.82. The van der Waals surface area contributed by atoms with Crippen LogP contribution in [0.25, 0.3) is 0 Å². The zero-order chi connectivity index (χ0) is 14.4. The molecular weight excluding hydrogens is 266 g/mol. The van der Waals surface area contributed by atoms with Gasteiger partial charge in [0.15, 0.2) is 0 Å². The third-order valence-electron chi connectivity index (χ3n) is 2.52. The molecule has 0 spiro atoms. The summed E-state index contributed by atoms with van der Waals surface area (Å²) in [5, 5.41) is 10.4. The van der Waals surface area contributed by atoms with Crippen LogP contribution in [0.5, 0.6) is 5.75 Å². The maximum Gasteiger partial charge on any atom is 0.124 e. The molecule has 0 heterocycles. The lowest BCUT2D eigenvalue weighted by Crippen LogP contribution is -2.25. The molecule has 5 heteroatoms. The van der Waals surface area contributed by atoms with Crippen LogP contribution in [0.1, 0.15) is 32.4 Å². The number of rotatable bonds is 7. The van der Waals surface area contributed by atoms with Crippen LogP contribution in [0.15, 0.2) is 18.2 Å². The van der Waals surface area contributed by atoms with Crippen molar-refractivity contribution in [2.75, 3.05) is 13.2 Å². The van der Waals surface area contributed by atoms with Crippen molar-refractivity contribution in [3.8, 4) is 5.75 Å². The smallest absolute Gasteiger partial charge is 0.124 e. The minimum Gasteiger partial charge on any atom is -0.490 e. The number of aliphatic hydroxyl groups is 1. The molecule has 1 rings (SSSR count). The molecule has 0 fully saturated rings. The van der Waals surface area contributed by atoms with Crippen LogP contribution in [0.2, 0.25) is 5.02 Å². The van der Waals surface area contributed by atoms with Gasteiger partial charge in [-0.1, -0.05) is 11.6 Å². The summed E-state index contributed by atoms with van der Waals surface area (Å²) < 4.78 is 10.9. The van der Waals surface area contributed by atoms with Gasteiger partial charge in [-0.25, -0.2) is 0 Å². The van der Waals surface area contributed by atoms with Crippen LogP contribution in [-0.2, 0) is 4.74 Å². The zero-order valence-electron chi connectivity index (χ0n) is 11.6. The summed E-state index contributed by atoms with van der Waals surface area (Å²) in [5.41, 5.74) is 6.69. The lowest BCUT2D eigenvalue weighted by Gasteiger charge is -2.17. The molecule has 0 radical (unpaired) electrons. The maximum absolute atomic E-state index is 9.74. The number of halogens is 1. The van der Waals surface area contributed by atoms with E-state index in [4.69, 9.17) is 26.8 Å². The lowest BCUT2D eigenvalue weighted by atomic mass is 10.1. The van der Waals surface area contributed by atoms with Crippen molar-refractivity contribution in [3.63, 3.8) is 0 Å². The van der Waals surface area contributed by atoms with Crippen molar-refractivity contribution in [2.24, 2.45) is 5.73 Å². The second kappa shape index (κ2) is 7.70. The largest absolute Gasteiger partial charge is 0.490 e. The van der Waals surface area contributed by atoms with E-state index < -0.39 is 6.10 Å². The van der Waals surface area contributed by atoms with Gasteiger partial charge in [0.1, 0.15) is 18.5 Å². The van der Waals surface area contributed by atoms with Crippen LogP contribution in [0.3, 0.4) is 0 Å². The van der Waals surface area contributed by atoms with Crippen LogP contribution in [-0.4, -0.2) is 30.5 Å². The molecule has 0 saturated heterocycles. The quantitative estimate of drug-likeness (QED) is 0.809. The van der Waals surface area contributed by atoms with Crippen LogP contribution in [0, 0.1) is 0 Å². The van der Waals surface area contributed by atoms with Crippen LogP contribution in [0.4, 0.5) is 0 Å². The Kier molecular flexibility index (Phi) is 6.58. The molecule has 108 valence electrons. The van der Waals surface area contributed by atoms with Crippen molar-refractivity contribution in [3.05, 3.63) is 28.8 Å². The Balaban J connectivity index is 2.57. The number of ether oxygens (including phenoxy) is 2. The minimum atomic E-state index is -0.668.